The summed E-state index contributed by atoms with van der Waals surface area (Å²) in [4.78, 5) is 39.4. The van der Waals surface area contributed by atoms with E-state index in [9.17, 15) is 14.4 Å². The standard InChI is InChI=1S/C18H24N2O4/c1-4-10-19(13(3)21)16-12-17(22)20(18(16)23)14-6-8-15(9-7-14)24-11-5-2/h6-9,16H,4-5,10-12H2,1-3H3/t16-/m1/s1. The van der Waals surface area contributed by atoms with E-state index >= 15 is 0 Å². The van der Waals surface area contributed by atoms with Gasteiger partial charge in [-0.2, -0.15) is 0 Å². The number of nitrogens with zero attached hydrogens (tertiary/aromatic N) is 2. The van der Waals surface area contributed by atoms with Crippen LogP contribution in [0.5, 0.6) is 5.75 Å². The lowest BCUT2D eigenvalue weighted by atomic mass is 10.2. The molecule has 1 aliphatic heterocycles. The van der Waals surface area contributed by atoms with Gasteiger partial charge < -0.3 is 9.64 Å². The van der Waals surface area contributed by atoms with E-state index in [4.69, 9.17) is 4.74 Å². The Labute approximate surface area is 142 Å². The molecule has 0 aliphatic carbocycles. The Morgan fingerprint density at radius 2 is 1.88 bits per heavy atom. The van der Waals surface area contributed by atoms with Crippen LogP contribution in [0.2, 0.25) is 0 Å². The molecule has 0 radical (unpaired) electrons. The molecule has 130 valence electrons. The lowest BCUT2D eigenvalue weighted by Gasteiger charge is -2.25. The summed E-state index contributed by atoms with van der Waals surface area (Å²) in [5.74, 6) is -0.110. The van der Waals surface area contributed by atoms with Crippen LogP contribution in [0.15, 0.2) is 24.3 Å². The molecule has 0 N–H and O–H groups in total. The van der Waals surface area contributed by atoms with E-state index < -0.39 is 6.04 Å². The van der Waals surface area contributed by atoms with Crippen LogP contribution in [0.4, 0.5) is 5.69 Å². The third-order valence-corrected chi connectivity index (χ3v) is 3.94. The van der Waals surface area contributed by atoms with Crippen LogP contribution >= 0.6 is 0 Å². The summed E-state index contributed by atoms with van der Waals surface area (Å²) in [6, 6.07) is 6.18. The zero-order valence-electron chi connectivity index (χ0n) is 14.4. The number of hydrogen-bond acceptors (Lipinski definition) is 4. The molecule has 2 rings (SSSR count). The van der Waals surface area contributed by atoms with Gasteiger partial charge in [-0.05, 0) is 37.1 Å². The average molecular weight is 332 g/mol. The van der Waals surface area contributed by atoms with Crippen molar-refractivity contribution >= 4 is 23.4 Å². The Morgan fingerprint density at radius 3 is 2.42 bits per heavy atom. The minimum absolute atomic E-state index is 0.0342. The average Bonchev–Trinajstić information content (AvgIpc) is 2.85. The minimum Gasteiger partial charge on any atom is -0.494 e. The van der Waals surface area contributed by atoms with Gasteiger partial charge in [0, 0.05) is 13.5 Å². The summed E-state index contributed by atoms with van der Waals surface area (Å²) in [5, 5.41) is 0. The number of amides is 3. The van der Waals surface area contributed by atoms with Gasteiger partial charge in [-0.25, -0.2) is 4.90 Å². The molecule has 1 aromatic rings. The van der Waals surface area contributed by atoms with Gasteiger partial charge in [0.15, 0.2) is 0 Å². The van der Waals surface area contributed by atoms with Crippen molar-refractivity contribution in [1.82, 2.24) is 4.90 Å². The summed E-state index contributed by atoms with van der Waals surface area (Å²) in [6.45, 7) is 6.47. The highest BCUT2D eigenvalue weighted by Gasteiger charge is 2.43. The van der Waals surface area contributed by atoms with E-state index in [-0.39, 0.29) is 24.1 Å². The Balaban J connectivity index is 2.17. The van der Waals surface area contributed by atoms with Crippen LogP contribution in [-0.2, 0) is 14.4 Å². The zero-order valence-corrected chi connectivity index (χ0v) is 14.4. The predicted molar refractivity (Wildman–Crippen MR) is 90.8 cm³/mol. The van der Waals surface area contributed by atoms with Crippen LogP contribution < -0.4 is 9.64 Å². The number of ether oxygens (including phenoxy) is 1. The molecule has 1 aromatic carbocycles. The van der Waals surface area contributed by atoms with Crippen LogP contribution in [0.3, 0.4) is 0 Å². The first kappa shape index (κ1) is 18.0. The first-order chi connectivity index (χ1) is 11.5. The first-order valence-corrected chi connectivity index (χ1v) is 8.36. The molecular formula is C18H24N2O4. The maximum atomic E-state index is 12.7. The third-order valence-electron chi connectivity index (χ3n) is 3.94. The van der Waals surface area contributed by atoms with E-state index in [0.717, 1.165) is 12.8 Å². The maximum absolute atomic E-state index is 12.7. The Kier molecular flexibility index (Phi) is 5.95. The van der Waals surface area contributed by atoms with E-state index in [1.807, 2.05) is 13.8 Å². The van der Waals surface area contributed by atoms with Crippen molar-refractivity contribution in [3.05, 3.63) is 24.3 Å². The SMILES string of the molecule is CCCOc1ccc(N2C(=O)C[C@@H](N(CCC)C(C)=O)C2=O)cc1. The van der Waals surface area contributed by atoms with Crippen LogP contribution in [-0.4, -0.2) is 41.8 Å². The summed E-state index contributed by atoms with van der Waals surface area (Å²) in [5.41, 5.74) is 0.511. The van der Waals surface area contributed by atoms with E-state index in [2.05, 4.69) is 0 Å². The van der Waals surface area contributed by atoms with Crippen molar-refractivity contribution in [2.75, 3.05) is 18.1 Å². The van der Waals surface area contributed by atoms with Crippen molar-refractivity contribution in [2.24, 2.45) is 0 Å². The molecule has 0 unspecified atom stereocenters. The molecule has 1 fully saturated rings. The van der Waals surface area contributed by atoms with Crippen LogP contribution in [0.1, 0.15) is 40.0 Å². The molecule has 0 saturated carbocycles. The van der Waals surface area contributed by atoms with Gasteiger partial charge in [-0.3, -0.25) is 14.4 Å². The fraction of sp³-hybridized carbons (Fsp3) is 0.500. The Hall–Kier alpha value is -2.37. The fourth-order valence-electron chi connectivity index (χ4n) is 2.82. The molecule has 0 bridgehead atoms. The third kappa shape index (κ3) is 3.75. The van der Waals surface area contributed by atoms with Gasteiger partial charge >= 0.3 is 0 Å². The van der Waals surface area contributed by atoms with E-state index in [1.165, 1.54) is 16.7 Å². The van der Waals surface area contributed by atoms with Gasteiger partial charge in [0.25, 0.3) is 5.91 Å². The van der Waals surface area contributed by atoms with Crippen molar-refractivity contribution in [3.8, 4) is 5.75 Å². The second-order valence-electron chi connectivity index (χ2n) is 5.84. The Morgan fingerprint density at radius 1 is 1.21 bits per heavy atom. The molecule has 1 heterocycles. The monoisotopic (exact) mass is 332 g/mol. The molecule has 3 amide bonds. The lowest BCUT2D eigenvalue weighted by Crippen LogP contribution is -2.44. The number of hydrogen-bond donors (Lipinski definition) is 0. The topological polar surface area (TPSA) is 66.9 Å². The van der Waals surface area contributed by atoms with Crippen LogP contribution in [0.25, 0.3) is 0 Å². The van der Waals surface area contributed by atoms with Crippen molar-refractivity contribution < 1.29 is 19.1 Å². The molecule has 1 aliphatic rings. The Bertz CT molecular complexity index is 612. The number of carbonyl (C=O) groups is 3. The normalized spacial score (nSPS) is 17.3. The maximum Gasteiger partial charge on any atom is 0.257 e. The summed E-state index contributed by atoms with van der Waals surface area (Å²) < 4.78 is 5.51. The number of carbonyl (C=O) groups excluding carboxylic acids is 3. The van der Waals surface area contributed by atoms with Crippen molar-refractivity contribution in [2.45, 2.75) is 46.1 Å². The minimum atomic E-state index is -0.703. The van der Waals surface area contributed by atoms with Crippen LogP contribution in [0, 0.1) is 0 Å². The smallest absolute Gasteiger partial charge is 0.257 e. The van der Waals surface area contributed by atoms with Gasteiger partial charge in [-0.1, -0.05) is 13.8 Å². The van der Waals surface area contributed by atoms with Gasteiger partial charge in [0.1, 0.15) is 11.8 Å². The summed E-state index contributed by atoms with van der Waals surface area (Å²) in [6.07, 6.45) is 1.68. The van der Waals surface area contributed by atoms with Gasteiger partial charge in [0.05, 0.1) is 18.7 Å². The lowest BCUT2D eigenvalue weighted by molar-refractivity contribution is -0.136. The molecule has 1 atom stereocenters. The molecular weight excluding hydrogens is 308 g/mol. The number of benzene rings is 1. The second-order valence-corrected chi connectivity index (χ2v) is 5.84. The van der Waals surface area contributed by atoms with Gasteiger partial charge in [-0.15, -0.1) is 0 Å². The summed E-state index contributed by atoms with van der Waals surface area (Å²) >= 11 is 0. The molecule has 0 spiro atoms. The van der Waals surface area contributed by atoms with E-state index in [1.54, 1.807) is 24.3 Å². The fourth-order valence-corrected chi connectivity index (χ4v) is 2.82. The molecule has 0 aromatic heterocycles. The number of rotatable bonds is 7. The quantitative estimate of drug-likeness (QED) is 0.719. The number of imide groups is 1. The van der Waals surface area contributed by atoms with Crippen molar-refractivity contribution in [3.63, 3.8) is 0 Å². The second kappa shape index (κ2) is 7.95. The molecule has 6 nitrogen and oxygen atoms in total. The highest BCUT2D eigenvalue weighted by atomic mass is 16.5. The molecule has 1 saturated heterocycles. The number of anilines is 1. The first-order valence-electron chi connectivity index (χ1n) is 8.36. The van der Waals surface area contributed by atoms with E-state index in [0.29, 0.717) is 24.6 Å². The largest absolute Gasteiger partial charge is 0.494 e. The zero-order chi connectivity index (χ0) is 17.7. The molecule has 6 heteroatoms. The highest BCUT2D eigenvalue weighted by Crippen LogP contribution is 2.27. The summed E-state index contributed by atoms with van der Waals surface area (Å²) in [7, 11) is 0. The van der Waals surface area contributed by atoms with Crippen molar-refractivity contribution in [1.29, 1.82) is 0 Å². The highest BCUT2D eigenvalue weighted by molar-refractivity contribution is 6.23. The molecule has 24 heavy (non-hydrogen) atoms. The predicted octanol–water partition coefficient (Wildman–Crippen LogP) is 2.37. The van der Waals surface area contributed by atoms with Gasteiger partial charge in [0.2, 0.25) is 11.8 Å².